The lowest BCUT2D eigenvalue weighted by Crippen LogP contribution is -2.36. The number of amides is 1. The van der Waals surface area contributed by atoms with Gasteiger partial charge in [-0.15, -0.1) is 0 Å². The fourth-order valence-electron chi connectivity index (χ4n) is 1.91. The van der Waals surface area contributed by atoms with Gasteiger partial charge in [-0.1, -0.05) is 39.3 Å². The van der Waals surface area contributed by atoms with Crippen LogP contribution in [0.5, 0.6) is 0 Å². The van der Waals surface area contributed by atoms with Gasteiger partial charge in [0.15, 0.2) is 5.69 Å². The van der Waals surface area contributed by atoms with Crippen LogP contribution in [-0.4, -0.2) is 44.9 Å². The van der Waals surface area contributed by atoms with Crippen LogP contribution in [0.15, 0.2) is 6.20 Å². The average Bonchev–Trinajstić information content (AvgIpc) is 2.42. The van der Waals surface area contributed by atoms with E-state index in [1.807, 2.05) is 27.7 Å². The molecule has 0 fully saturated rings. The Morgan fingerprint density at radius 3 is 2.45 bits per heavy atom. The van der Waals surface area contributed by atoms with Gasteiger partial charge in [-0.3, -0.25) is 9.59 Å². The van der Waals surface area contributed by atoms with E-state index in [1.54, 1.807) is 0 Å². The minimum atomic E-state index is -0.946. The first-order valence-corrected chi connectivity index (χ1v) is 7.63. The Kier molecular flexibility index (Phi) is 6.74. The summed E-state index contributed by atoms with van der Waals surface area (Å²) in [6, 6.07) is 0. The summed E-state index contributed by atoms with van der Waals surface area (Å²) in [5.41, 5.74) is 0.131. The molecule has 1 rings (SSSR count). The van der Waals surface area contributed by atoms with Crippen LogP contribution in [0, 0.1) is 5.92 Å². The van der Waals surface area contributed by atoms with E-state index in [9.17, 15) is 9.59 Å². The molecule has 0 aliphatic heterocycles. The first-order chi connectivity index (χ1) is 10.2. The van der Waals surface area contributed by atoms with E-state index in [-0.39, 0.29) is 41.4 Å². The molecule has 0 aliphatic carbocycles. The highest BCUT2D eigenvalue weighted by Crippen LogP contribution is 2.18. The molecule has 0 saturated carbocycles. The number of carboxylic acids is 1. The summed E-state index contributed by atoms with van der Waals surface area (Å²) in [5, 5.41) is 9.01. The number of aliphatic carboxylic acids is 1. The molecule has 6 nitrogen and oxygen atoms in total. The Hall–Kier alpha value is -1.69. The van der Waals surface area contributed by atoms with Crippen LogP contribution in [0.25, 0.3) is 0 Å². The van der Waals surface area contributed by atoms with Crippen molar-refractivity contribution in [2.24, 2.45) is 5.92 Å². The number of hydrogen-bond acceptors (Lipinski definition) is 4. The fourth-order valence-corrected chi connectivity index (χ4v) is 2.08. The van der Waals surface area contributed by atoms with Crippen molar-refractivity contribution in [3.05, 3.63) is 22.7 Å². The summed E-state index contributed by atoms with van der Waals surface area (Å²) in [6.07, 6.45) is 1.31. The van der Waals surface area contributed by atoms with Crippen LogP contribution < -0.4 is 0 Å². The van der Waals surface area contributed by atoms with Crippen LogP contribution in [0.2, 0.25) is 5.02 Å². The quantitative estimate of drug-likeness (QED) is 0.832. The smallest absolute Gasteiger partial charge is 0.305 e. The van der Waals surface area contributed by atoms with Gasteiger partial charge in [-0.05, 0) is 5.92 Å². The van der Waals surface area contributed by atoms with Gasteiger partial charge < -0.3 is 10.0 Å². The number of rotatable bonds is 7. The lowest BCUT2D eigenvalue weighted by molar-refractivity contribution is -0.137. The zero-order chi connectivity index (χ0) is 16.9. The predicted molar refractivity (Wildman–Crippen MR) is 84.1 cm³/mol. The Morgan fingerprint density at radius 1 is 1.32 bits per heavy atom. The molecule has 0 saturated heterocycles. The summed E-state index contributed by atoms with van der Waals surface area (Å²) in [7, 11) is 0. The van der Waals surface area contributed by atoms with E-state index in [0.717, 1.165) is 0 Å². The SMILES string of the molecule is CC(C)CN(CCC(=O)O)C(=O)c1nc(C(C)C)ncc1Cl. The maximum atomic E-state index is 12.6. The number of hydrogen-bond donors (Lipinski definition) is 1. The molecule has 122 valence electrons. The molecular formula is C15H22ClN3O3. The Morgan fingerprint density at radius 2 is 1.95 bits per heavy atom. The van der Waals surface area contributed by atoms with Crippen LogP contribution in [0.1, 0.15) is 56.3 Å². The number of halogens is 1. The molecule has 0 unspecified atom stereocenters. The number of carbonyl (C=O) groups excluding carboxylic acids is 1. The molecule has 0 spiro atoms. The maximum Gasteiger partial charge on any atom is 0.305 e. The van der Waals surface area contributed by atoms with Crippen molar-refractivity contribution in [3.8, 4) is 0 Å². The second-order valence-electron chi connectivity index (χ2n) is 5.87. The highest BCUT2D eigenvalue weighted by Gasteiger charge is 2.22. The van der Waals surface area contributed by atoms with Gasteiger partial charge in [0.05, 0.1) is 17.6 Å². The van der Waals surface area contributed by atoms with Crippen molar-refractivity contribution in [2.45, 2.75) is 40.0 Å². The standard InChI is InChI=1S/C15H22ClN3O3/c1-9(2)8-19(6-5-12(20)21)15(22)13-11(16)7-17-14(18-13)10(3)4/h7,9-10H,5-6,8H2,1-4H3,(H,20,21). The van der Waals surface area contributed by atoms with Gasteiger partial charge in [0.1, 0.15) is 5.82 Å². The number of nitrogens with zero attached hydrogens (tertiary/aromatic N) is 3. The minimum Gasteiger partial charge on any atom is -0.481 e. The molecule has 1 N–H and O–H groups in total. The summed E-state index contributed by atoms with van der Waals surface area (Å²) in [4.78, 5) is 33.3. The molecule has 0 aliphatic rings. The molecule has 1 amide bonds. The zero-order valence-electron chi connectivity index (χ0n) is 13.3. The van der Waals surface area contributed by atoms with Crippen molar-refractivity contribution in [1.82, 2.24) is 14.9 Å². The molecule has 1 aromatic rings. The Bertz CT molecular complexity index is 547. The van der Waals surface area contributed by atoms with Crippen molar-refractivity contribution in [2.75, 3.05) is 13.1 Å². The van der Waals surface area contributed by atoms with Crippen molar-refractivity contribution in [3.63, 3.8) is 0 Å². The first kappa shape index (κ1) is 18.4. The molecule has 0 radical (unpaired) electrons. The maximum absolute atomic E-state index is 12.6. The van der Waals surface area contributed by atoms with Gasteiger partial charge in [0.25, 0.3) is 5.91 Å². The lowest BCUT2D eigenvalue weighted by atomic mass is 10.1. The predicted octanol–water partition coefficient (Wildman–Crippen LogP) is 2.83. The number of carboxylic acid groups (broad SMARTS) is 1. The highest BCUT2D eigenvalue weighted by atomic mass is 35.5. The highest BCUT2D eigenvalue weighted by molar-refractivity contribution is 6.33. The first-order valence-electron chi connectivity index (χ1n) is 7.25. The third-order valence-electron chi connectivity index (χ3n) is 2.95. The van der Waals surface area contributed by atoms with E-state index >= 15 is 0 Å². The second kappa shape index (κ2) is 8.08. The third-order valence-corrected chi connectivity index (χ3v) is 3.23. The monoisotopic (exact) mass is 327 g/mol. The largest absolute Gasteiger partial charge is 0.481 e. The molecule has 22 heavy (non-hydrogen) atoms. The van der Waals surface area contributed by atoms with Gasteiger partial charge in [0, 0.05) is 19.0 Å². The fraction of sp³-hybridized carbons (Fsp3) is 0.600. The topological polar surface area (TPSA) is 83.4 Å². The second-order valence-corrected chi connectivity index (χ2v) is 6.28. The van der Waals surface area contributed by atoms with Crippen molar-refractivity contribution >= 4 is 23.5 Å². The van der Waals surface area contributed by atoms with E-state index in [2.05, 4.69) is 9.97 Å². The van der Waals surface area contributed by atoms with Gasteiger partial charge in [0.2, 0.25) is 0 Å². The summed E-state index contributed by atoms with van der Waals surface area (Å²) >= 11 is 6.05. The molecule has 0 atom stereocenters. The molecule has 0 bridgehead atoms. The molecule has 7 heteroatoms. The molecular weight excluding hydrogens is 306 g/mol. The van der Waals surface area contributed by atoms with Crippen LogP contribution >= 0.6 is 11.6 Å². The molecule has 1 heterocycles. The van der Waals surface area contributed by atoms with E-state index in [4.69, 9.17) is 16.7 Å². The van der Waals surface area contributed by atoms with E-state index < -0.39 is 5.97 Å². The van der Waals surface area contributed by atoms with E-state index in [1.165, 1.54) is 11.1 Å². The average molecular weight is 328 g/mol. The van der Waals surface area contributed by atoms with Crippen molar-refractivity contribution < 1.29 is 14.7 Å². The summed E-state index contributed by atoms with van der Waals surface area (Å²) in [5.74, 6) is -0.484. The van der Waals surface area contributed by atoms with Gasteiger partial charge in [-0.2, -0.15) is 0 Å². The van der Waals surface area contributed by atoms with Crippen LogP contribution in [-0.2, 0) is 4.79 Å². The molecule has 1 aromatic heterocycles. The zero-order valence-corrected chi connectivity index (χ0v) is 14.1. The lowest BCUT2D eigenvalue weighted by Gasteiger charge is -2.24. The van der Waals surface area contributed by atoms with Crippen LogP contribution in [0.3, 0.4) is 0 Å². The van der Waals surface area contributed by atoms with Gasteiger partial charge in [-0.25, -0.2) is 9.97 Å². The Balaban J connectivity index is 3.06. The number of aromatic nitrogens is 2. The van der Waals surface area contributed by atoms with E-state index in [0.29, 0.717) is 12.4 Å². The van der Waals surface area contributed by atoms with Crippen LogP contribution in [0.4, 0.5) is 0 Å². The third kappa shape index (κ3) is 5.26. The molecule has 0 aromatic carbocycles. The number of carbonyl (C=O) groups is 2. The summed E-state index contributed by atoms with van der Waals surface area (Å²) < 4.78 is 0. The normalized spacial score (nSPS) is 11.0. The summed E-state index contributed by atoms with van der Waals surface area (Å²) in [6.45, 7) is 8.35. The van der Waals surface area contributed by atoms with Gasteiger partial charge >= 0.3 is 5.97 Å². The Labute approximate surface area is 135 Å². The minimum absolute atomic E-state index is 0.0707. The van der Waals surface area contributed by atoms with Crippen molar-refractivity contribution in [1.29, 1.82) is 0 Å².